The molecule has 0 aromatic carbocycles. The Morgan fingerprint density at radius 1 is 0.677 bits per heavy atom. The van der Waals surface area contributed by atoms with E-state index in [2.05, 4.69) is 26.9 Å². The van der Waals surface area contributed by atoms with Crippen molar-refractivity contribution in [2.45, 2.75) is 45.4 Å². The van der Waals surface area contributed by atoms with Gasteiger partial charge in [0, 0.05) is 72.0 Å². The molecule has 3 rings (SSSR count). The molecule has 3 aliphatic heterocycles. The fourth-order valence-electron chi connectivity index (χ4n) is 4.82. The van der Waals surface area contributed by atoms with Gasteiger partial charge in [-0.3, -0.25) is 9.69 Å². The van der Waals surface area contributed by atoms with E-state index in [-0.39, 0.29) is 11.9 Å². The van der Waals surface area contributed by atoms with E-state index in [0.29, 0.717) is 19.6 Å². The first kappa shape index (κ1) is 24.3. The highest BCUT2D eigenvalue weighted by Crippen LogP contribution is 2.11. The first-order chi connectivity index (χ1) is 15.2. The number of nitrogens with one attached hydrogen (secondary N) is 1. The Morgan fingerprint density at radius 2 is 1.29 bits per heavy atom. The van der Waals surface area contributed by atoms with Gasteiger partial charge in [0.2, 0.25) is 5.91 Å². The number of likely N-dealkylation sites (N-methyl/N-ethyl adjacent to an activating group) is 1. The third-order valence-electron chi connectivity index (χ3n) is 7.07. The van der Waals surface area contributed by atoms with Crippen LogP contribution in [-0.2, 0) is 4.79 Å². The number of amides is 3. The molecule has 0 bridgehead atoms. The maximum absolute atomic E-state index is 12.6. The minimum absolute atomic E-state index is 0.0510. The fourth-order valence-corrected chi connectivity index (χ4v) is 4.82. The van der Waals surface area contributed by atoms with E-state index >= 15 is 0 Å². The maximum atomic E-state index is 12.6. The van der Waals surface area contributed by atoms with Crippen molar-refractivity contribution in [3.8, 4) is 0 Å². The van der Waals surface area contributed by atoms with Crippen molar-refractivity contribution in [3.05, 3.63) is 0 Å². The SMILES string of the molecule is CCN1CCN(CCCCNC(=O)N2CCN(CC(=O)N3CCCCCC3)CC2)CC1. The number of nitrogens with zero attached hydrogens (tertiary/aromatic N) is 5. The van der Waals surface area contributed by atoms with E-state index in [1.54, 1.807) is 0 Å². The molecule has 0 aromatic rings. The number of hydrogen-bond donors (Lipinski definition) is 1. The topological polar surface area (TPSA) is 62.4 Å². The monoisotopic (exact) mass is 436 g/mol. The average molecular weight is 437 g/mol. The quantitative estimate of drug-likeness (QED) is 0.578. The van der Waals surface area contributed by atoms with Crippen LogP contribution in [0.2, 0.25) is 0 Å². The van der Waals surface area contributed by atoms with E-state index < -0.39 is 0 Å². The Balaban J connectivity index is 1.23. The molecule has 0 radical (unpaired) electrons. The number of urea groups is 1. The lowest BCUT2D eigenvalue weighted by Crippen LogP contribution is -2.53. The Bertz CT molecular complexity index is 536. The summed E-state index contributed by atoms with van der Waals surface area (Å²) < 4.78 is 0. The van der Waals surface area contributed by atoms with E-state index in [1.165, 1.54) is 39.0 Å². The summed E-state index contributed by atoms with van der Waals surface area (Å²) in [6, 6.07) is 0.0510. The lowest BCUT2D eigenvalue weighted by molar-refractivity contribution is -0.132. The Kier molecular flexibility index (Phi) is 10.4. The van der Waals surface area contributed by atoms with Crippen molar-refractivity contribution < 1.29 is 9.59 Å². The second kappa shape index (κ2) is 13.2. The summed E-state index contributed by atoms with van der Waals surface area (Å²) in [4.78, 5) is 36.2. The van der Waals surface area contributed by atoms with Gasteiger partial charge >= 0.3 is 6.03 Å². The largest absolute Gasteiger partial charge is 0.342 e. The van der Waals surface area contributed by atoms with Crippen LogP contribution < -0.4 is 5.32 Å². The molecular weight excluding hydrogens is 392 g/mol. The maximum Gasteiger partial charge on any atom is 0.317 e. The van der Waals surface area contributed by atoms with Crippen LogP contribution >= 0.6 is 0 Å². The highest BCUT2D eigenvalue weighted by molar-refractivity contribution is 5.78. The van der Waals surface area contributed by atoms with Crippen LogP contribution in [-0.4, -0.2) is 128 Å². The zero-order valence-electron chi connectivity index (χ0n) is 19.7. The van der Waals surface area contributed by atoms with Gasteiger partial charge in [-0.15, -0.1) is 0 Å². The van der Waals surface area contributed by atoms with Gasteiger partial charge < -0.3 is 24.9 Å². The van der Waals surface area contributed by atoms with Crippen LogP contribution in [0.1, 0.15) is 45.4 Å². The van der Waals surface area contributed by atoms with Crippen LogP contribution in [0.15, 0.2) is 0 Å². The second-order valence-corrected chi connectivity index (χ2v) is 9.27. The Morgan fingerprint density at radius 3 is 1.94 bits per heavy atom. The smallest absolute Gasteiger partial charge is 0.317 e. The predicted octanol–water partition coefficient (Wildman–Crippen LogP) is 1.13. The Hall–Kier alpha value is -1.38. The Labute approximate surface area is 188 Å². The third-order valence-corrected chi connectivity index (χ3v) is 7.07. The first-order valence-corrected chi connectivity index (χ1v) is 12.6. The zero-order chi connectivity index (χ0) is 21.9. The number of hydrogen-bond acceptors (Lipinski definition) is 5. The van der Waals surface area contributed by atoms with E-state index in [0.717, 1.165) is 71.5 Å². The molecule has 3 fully saturated rings. The number of likely N-dealkylation sites (tertiary alicyclic amines) is 1. The van der Waals surface area contributed by atoms with Crippen LogP contribution in [0, 0.1) is 0 Å². The minimum Gasteiger partial charge on any atom is -0.342 e. The van der Waals surface area contributed by atoms with Gasteiger partial charge in [-0.2, -0.15) is 0 Å². The molecule has 0 aromatic heterocycles. The summed E-state index contributed by atoms with van der Waals surface area (Å²) in [6.07, 6.45) is 6.92. The molecule has 3 heterocycles. The summed E-state index contributed by atoms with van der Waals surface area (Å²) >= 11 is 0. The summed E-state index contributed by atoms with van der Waals surface area (Å²) in [6.45, 7) is 15.3. The van der Waals surface area contributed by atoms with E-state index in [4.69, 9.17) is 0 Å². The molecule has 1 N–H and O–H groups in total. The van der Waals surface area contributed by atoms with Gasteiger partial charge in [-0.25, -0.2) is 4.79 Å². The molecule has 3 amide bonds. The van der Waals surface area contributed by atoms with Gasteiger partial charge in [0.15, 0.2) is 0 Å². The molecule has 0 unspecified atom stereocenters. The van der Waals surface area contributed by atoms with Crippen LogP contribution in [0.25, 0.3) is 0 Å². The summed E-state index contributed by atoms with van der Waals surface area (Å²) in [5.74, 6) is 0.260. The molecule has 0 atom stereocenters. The van der Waals surface area contributed by atoms with Gasteiger partial charge in [-0.05, 0) is 38.8 Å². The van der Waals surface area contributed by atoms with Crippen molar-refractivity contribution in [3.63, 3.8) is 0 Å². The first-order valence-electron chi connectivity index (χ1n) is 12.6. The van der Waals surface area contributed by atoms with E-state index in [9.17, 15) is 9.59 Å². The van der Waals surface area contributed by atoms with Crippen molar-refractivity contribution in [2.24, 2.45) is 0 Å². The minimum atomic E-state index is 0.0510. The molecule has 0 aliphatic carbocycles. The molecule has 8 nitrogen and oxygen atoms in total. The summed E-state index contributed by atoms with van der Waals surface area (Å²) in [5.41, 5.74) is 0. The summed E-state index contributed by atoms with van der Waals surface area (Å²) in [7, 11) is 0. The molecule has 8 heteroatoms. The lowest BCUT2D eigenvalue weighted by Gasteiger charge is -2.35. The predicted molar refractivity (Wildman–Crippen MR) is 124 cm³/mol. The van der Waals surface area contributed by atoms with Crippen LogP contribution in [0.4, 0.5) is 4.79 Å². The molecule has 3 aliphatic rings. The zero-order valence-corrected chi connectivity index (χ0v) is 19.7. The molecule has 3 saturated heterocycles. The highest BCUT2D eigenvalue weighted by Gasteiger charge is 2.24. The molecule has 31 heavy (non-hydrogen) atoms. The van der Waals surface area contributed by atoms with Crippen molar-refractivity contribution in [1.82, 2.24) is 29.8 Å². The van der Waals surface area contributed by atoms with Crippen LogP contribution in [0.5, 0.6) is 0 Å². The lowest BCUT2D eigenvalue weighted by atomic mass is 10.2. The third kappa shape index (κ3) is 8.24. The average Bonchev–Trinajstić information content (AvgIpc) is 3.09. The molecular formula is C23H44N6O2. The molecule has 0 saturated carbocycles. The van der Waals surface area contributed by atoms with Crippen molar-refractivity contribution >= 4 is 11.9 Å². The molecule has 0 spiro atoms. The normalized spacial score (nSPS) is 22.4. The van der Waals surface area contributed by atoms with E-state index in [1.807, 2.05) is 9.80 Å². The van der Waals surface area contributed by atoms with Gasteiger partial charge in [-0.1, -0.05) is 19.8 Å². The van der Waals surface area contributed by atoms with Crippen LogP contribution in [0.3, 0.4) is 0 Å². The summed E-state index contributed by atoms with van der Waals surface area (Å²) in [5, 5.41) is 3.09. The fraction of sp³-hybridized carbons (Fsp3) is 0.913. The van der Waals surface area contributed by atoms with Gasteiger partial charge in [0.1, 0.15) is 0 Å². The highest BCUT2D eigenvalue weighted by atomic mass is 16.2. The van der Waals surface area contributed by atoms with Gasteiger partial charge in [0.05, 0.1) is 6.54 Å². The standard InChI is InChI=1S/C23H44N6O2/c1-2-25-13-15-26(16-14-25)10-8-5-9-24-23(31)29-19-17-27(18-20-29)21-22(30)28-11-6-3-4-7-12-28/h2-21H2,1H3,(H,24,31). The van der Waals surface area contributed by atoms with Crippen molar-refractivity contribution in [2.75, 3.05) is 91.6 Å². The number of carbonyl (C=O) groups excluding carboxylic acids is 2. The number of rotatable bonds is 8. The number of carbonyl (C=O) groups is 2. The second-order valence-electron chi connectivity index (χ2n) is 9.27. The number of piperazine rings is 2. The van der Waals surface area contributed by atoms with Gasteiger partial charge in [0.25, 0.3) is 0 Å². The molecule has 178 valence electrons. The van der Waals surface area contributed by atoms with Crippen molar-refractivity contribution in [1.29, 1.82) is 0 Å². The number of unbranched alkanes of at least 4 members (excludes halogenated alkanes) is 1.